The predicted molar refractivity (Wildman–Crippen MR) is 74.8 cm³/mol. The number of halogens is 5. The highest BCUT2D eigenvalue weighted by Crippen LogP contribution is 2.26. The quantitative estimate of drug-likeness (QED) is 0.599. The van der Waals surface area contributed by atoms with Crippen LogP contribution in [0.5, 0.6) is 0 Å². The zero-order chi connectivity index (χ0) is 16.3. The van der Waals surface area contributed by atoms with Crippen molar-refractivity contribution in [3.63, 3.8) is 0 Å². The summed E-state index contributed by atoms with van der Waals surface area (Å²) >= 11 is 2.98. The van der Waals surface area contributed by atoms with Crippen molar-refractivity contribution in [1.82, 2.24) is 5.32 Å². The van der Waals surface area contributed by atoms with Crippen LogP contribution in [-0.2, 0) is 9.05 Å². The van der Waals surface area contributed by atoms with Gasteiger partial charge in [0.15, 0.2) is 0 Å². The lowest BCUT2D eigenvalue weighted by Crippen LogP contribution is -2.25. The number of alkyl halides is 3. The molecule has 0 heterocycles. The predicted octanol–water partition coefficient (Wildman–Crippen LogP) is 3.45. The summed E-state index contributed by atoms with van der Waals surface area (Å²) in [6, 6.07) is 3.69. The molecule has 0 aliphatic heterocycles. The van der Waals surface area contributed by atoms with E-state index in [2.05, 4.69) is 21.2 Å². The van der Waals surface area contributed by atoms with E-state index in [0.29, 0.717) is 0 Å². The highest BCUT2D eigenvalue weighted by molar-refractivity contribution is 9.10. The zero-order valence-corrected chi connectivity index (χ0v) is 13.5. The van der Waals surface area contributed by atoms with Gasteiger partial charge in [0.05, 0.1) is 4.90 Å². The molecule has 1 rings (SSSR count). The SMILES string of the molecule is O=C(NCCCC(F)(F)F)c1ccc(Br)c(S(=O)(=O)Cl)c1. The van der Waals surface area contributed by atoms with Crippen LogP contribution in [0.25, 0.3) is 0 Å². The van der Waals surface area contributed by atoms with Crippen LogP contribution in [0.3, 0.4) is 0 Å². The summed E-state index contributed by atoms with van der Waals surface area (Å²) in [6.45, 7) is -0.169. The summed E-state index contributed by atoms with van der Waals surface area (Å²) < 4.78 is 58.5. The van der Waals surface area contributed by atoms with E-state index in [9.17, 15) is 26.4 Å². The van der Waals surface area contributed by atoms with Gasteiger partial charge < -0.3 is 5.32 Å². The average molecular weight is 409 g/mol. The summed E-state index contributed by atoms with van der Waals surface area (Å²) in [5.74, 6) is -0.675. The van der Waals surface area contributed by atoms with Gasteiger partial charge in [-0.25, -0.2) is 8.42 Å². The first-order valence-electron chi connectivity index (χ1n) is 5.60. The zero-order valence-electron chi connectivity index (χ0n) is 10.4. The third-order valence-corrected chi connectivity index (χ3v) is 4.69. The van der Waals surface area contributed by atoms with Crippen LogP contribution in [0.1, 0.15) is 23.2 Å². The van der Waals surface area contributed by atoms with Crippen molar-refractivity contribution >= 4 is 41.6 Å². The average Bonchev–Trinajstić information content (AvgIpc) is 2.32. The Morgan fingerprint density at radius 2 is 1.95 bits per heavy atom. The van der Waals surface area contributed by atoms with Gasteiger partial charge in [0, 0.05) is 33.7 Å². The number of rotatable bonds is 5. The van der Waals surface area contributed by atoms with E-state index in [4.69, 9.17) is 10.7 Å². The van der Waals surface area contributed by atoms with Gasteiger partial charge in [-0.1, -0.05) is 0 Å². The third kappa shape index (κ3) is 6.23. The molecule has 1 amide bonds. The number of benzene rings is 1. The van der Waals surface area contributed by atoms with Gasteiger partial charge in [0.25, 0.3) is 15.0 Å². The summed E-state index contributed by atoms with van der Waals surface area (Å²) in [7, 11) is 1.17. The molecule has 21 heavy (non-hydrogen) atoms. The monoisotopic (exact) mass is 407 g/mol. The van der Waals surface area contributed by atoms with Gasteiger partial charge >= 0.3 is 6.18 Å². The minimum absolute atomic E-state index is 0.00978. The van der Waals surface area contributed by atoms with Crippen LogP contribution in [0, 0.1) is 0 Å². The molecule has 0 bridgehead atoms. The minimum atomic E-state index is -4.28. The van der Waals surface area contributed by atoms with E-state index in [0.717, 1.165) is 6.07 Å². The fourth-order valence-corrected chi connectivity index (χ4v) is 3.54. The second-order valence-corrected chi connectivity index (χ2v) is 7.45. The van der Waals surface area contributed by atoms with Crippen LogP contribution in [0.4, 0.5) is 13.2 Å². The molecule has 0 aliphatic carbocycles. The highest BCUT2D eigenvalue weighted by atomic mass is 79.9. The maximum atomic E-state index is 11.9. The van der Waals surface area contributed by atoms with Gasteiger partial charge in [-0.2, -0.15) is 13.2 Å². The standard InChI is InChI=1S/C11H10BrClF3NO3S/c12-8-3-2-7(6-9(8)21(13,19)20)10(18)17-5-1-4-11(14,15)16/h2-3,6H,1,4-5H2,(H,17,18). The van der Waals surface area contributed by atoms with Crippen molar-refractivity contribution in [2.75, 3.05) is 6.54 Å². The van der Waals surface area contributed by atoms with E-state index in [1.165, 1.54) is 12.1 Å². The Labute approximate surface area is 132 Å². The first-order valence-corrected chi connectivity index (χ1v) is 8.70. The van der Waals surface area contributed by atoms with Crippen LogP contribution >= 0.6 is 26.6 Å². The molecule has 118 valence electrons. The van der Waals surface area contributed by atoms with Gasteiger partial charge in [-0.05, 0) is 40.5 Å². The lowest BCUT2D eigenvalue weighted by molar-refractivity contribution is -0.135. The molecular weight excluding hydrogens is 399 g/mol. The third-order valence-electron chi connectivity index (χ3n) is 2.38. The normalized spacial score (nSPS) is 12.2. The summed E-state index contributed by atoms with van der Waals surface area (Å²) in [5, 5.41) is 2.28. The number of hydrogen-bond acceptors (Lipinski definition) is 3. The molecule has 1 aromatic rings. The molecule has 4 nitrogen and oxygen atoms in total. The highest BCUT2D eigenvalue weighted by Gasteiger charge is 2.26. The fourth-order valence-electron chi connectivity index (χ4n) is 1.42. The summed E-state index contributed by atoms with van der Waals surface area (Å²) in [4.78, 5) is 11.4. The minimum Gasteiger partial charge on any atom is -0.352 e. The van der Waals surface area contributed by atoms with Crippen LogP contribution in [-0.4, -0.2) is 27.0 Å². The second kappa shape index (κ2) is 6.97. The number of nitrogens with one attached hydrogen (secondary N) is 1. The van der Waals surface area contributed by atoms with E-state index in [1.54, 1.807) is 0 Å². The molecule has 0 saturated carbocycles. The Morgan fingerprint density at radius 1 is 1.33 bits per heavy atom. The lowest BCUT2D eigenvalue weighted by atomic mass is 10.2. The topological polar surface area (TPSA) is 63.2 Å². The lowest BCUT2D eigenvalue weighted by Gasteiger charge is -2.08. The molecule has 10 heteroatoms. The number of carbonyl (C=O) groups is 1. The van der Waals surface area contributed by atoms with Gasteiger partial charge in [-0.15, -0.1) is 0 Å². The first-order chi connectivity index (χ1) is 9.50. The van der Waals surface area contributed by atoms with E-state index < -0.39 is 27.6 Å². The maximum absolute atomic E-state index is 11.9. The Morgan fingerprint density at radius 3 is 2.48 bits per heavy atom. The van der Waals surface area contributed by atoms with Crippen molar-refractivity contribution < 1.29 is 26.4 Å². The molecule has 0 aliphatic rings. The molecule has 0 saturated heterocycles. The molecule has 0 aromatic heterocycles. The molecule has 0 radical (unpaired) electrons. The molecular formula is C11H10BrClF3NO3S. The number of carbonyl (C=O) groups excluding carboxylic acids is 1. The number of hydrogen-bond donors (Lipinski definition) is 1. The number of amides is 1. The van der Waals surface area contributed by atoms with Crippen LogP contribution in [0.2, 0.25) is 0 Å². The van der Waals surface area contributed by atoms with Crippen molar-refractivity contribution in [2.24, 2.45) is 0 Å². The van der Waals surface area contributed by atoms with Crippen molar-refractivity contribution in [1.29, 1.82) is 0 Å². The smallest absolute Gasteiger partial charge is 0.352 e. The van der Waals surface area contributed by atoms with E-state index >= 15 is 0 Å². The largest absolute Gasteiger partial charge is 0.389 e. The second-order valence-electron chi connectivity index (χ2n) is 4.06. The van der Waals surface area contributed by atoms with Gasteiger partial charge in [0.1, 0.15) is 0 Å². The molecule has 0 unspecified atom stereocenters. The van der Waals surface area contributed by atoms with Crippen molar-refractivity contribution in [3.8, 4) is 0 Å². The van der Waals surface area contributed by atoms with Crippen molar-refractivity contribution in [3.05, 3.63) is 28.2 Å². The van der Waals surface area contributed by atoms with E-state index in [1.807, 2.05) is 0 Å². The molecule has 1 aromatic carbocycles. The van der Waals surface area contributed by atoms with Gasteiger partial charge in [0.2, 0.25) is 0 Å². The Balaban J connectivity index is 2.72. The summed E-state index contributed by atoms with van der Waals surface area (Å²) in [5.41, 5.74) is -0.00978. The Bertz CT molecular complexity index is 634. The Kier molecular flexibility index (Phi) is 6.06. The first kappa shape index (κ1) is 18.2. The van der Waals surface area contributed by atoms with Gasteiger partial charge in [-0.3, -0.25) is 4.79 Å². The maximum Gasteiger partial charge on any atom is 0.389 e. The van der Waals surface area contributed by atoms with Crippen LogP contribution in [0.15, 0.2) is 27.6 Å². The Hall–Kier alpha value is -0.800. The van der Waals surface area contributed by atoms with Crippen molar-refractivity contribution in [2.45, 2.75) is 23.9 Å². The molecule has 0 fully saturated rings. The molecule has 1 N–H and O–H groups in total. The van der Waals surface area contributed by atoms with E-state index in [-0.39, 0.29) is 27.9 Å². The fraction of sp³-hybridized carbons (Fsp3) is 0.364. The summed E-state index contributed by atoms with van der Waals surface area (Å²) in [6.07, 6.45) is -5.54. The molecule has 0 atom stereocenters. The van der Waals surface area contributed by atoms with Crippen LogP contribution < -0.4 is 5.32 Å². The molecule has 0 spiro atoms.